The summed E-state index contributed by atoms with van der Waals surface area (Å²) in [5.74, 6) is 1.08. The molecule has 1 amide bonds. The van der Waals surface area contributed by atoms with E-state index >= 15 is 0 Å². The van der Waals surface area contributed by atoms with Crippen LogP contribution in [-0.4, -0.2) is 60.0 Å². The number of H-pyrrole nitrogens is 1. The SMILES string of the molecule is CN(CCc1nc2ccc(Cl)cc2[nH]1)C(=O)C1CC2(CCNCC2)CN1. The zero-order valence-corrected chi connectivity index (χ0v) is 15.9. The normalized spacial score (nSPS) is 22.2. The number of halogens is 1. The summed E-state index contributed by atoms with van der Waals surface area (Å²) in [6.45, 7) is 3.74. The number of amides is 1. The second-order valence-electron chi connectivity index (χ2n) is 7.74. The van der Waals surface area contributed by atoms with Crippen LogP contribution in [0.4, 0.5) is 0 Å². The van der Waals surface area contributed by atoms with Crippen molar-refractivity contribution >= 4 is 28.5 Å². The monoisotopic (exact) mass is 375 g/mol. The van der Waals surface area contributed by atoms with Gasteiger partial charge in [0.25, 0.3) is 0 Å². The van der Waals surface area contributed by atoms with Crippen LogP contribution in [0.5, 0.6) is 0 Å². The molecule has 26 heavy (non-hydrogen) atoms. The number of aromatic amines is 1. The van der Waals surface area contributed by atoms with Gasteiger partial charge in [-0.15, -0.1) is 0 Å². The van der Waals surface area contributed by atoms with E-state index in [0.29, 0.717) is 23.4 Å². The first kappa shape index (κ1) is 17.8. The molecule has 0 bridgehead atoms. The number of nitrogens with zero attached hydrogens (tertiary/aromatic N) is 2. The number of likely N-dealkylation sites (N-methyl/N-ethyl adjacent to an activating group) is 1. The standard InChI is InChI=1S/C19H26ClN5O/c1-25(9-4-17-23-14-3-2-13(20)10-15(14)24-17)18(26)16-11-19(12-22-16)5-7-21-8-6-19/h2-3,10,16,21-22H,4-9,11-12H2,1H3,(H,23,24). The summed E-state index contributed by atoms with van der Waals surface area (Å²) in [6.07, 6.45) is 3.99. The van der Waals surface area contributed by atoms with E-state index in [9.17, 15) is 4.79 Å². The topological polar surface area (TPSA) is 73.0 Å². The largest absolute Gasteiger partial charge is 0.344 e. The summed E-state index contributed by atoms with van der Waals surface area (Å²) in [6, 6.07) is 5.58. The number of piperidine rings is 1. The van der Waals surface area contributed by atoms with Gasteiger partial charge in [-0.3, -0.25) is 4.79 Å². The molecule has 1 spiro atoms. The quantitative estimate of drug-likeness (QED) is 0.763. The summed E-state index contributed by atoms with van der Waals surface area (Å²) in [4.78, 5) is 22.5. The van der Waals surface area contributed by atoms with Crippen molar-refractivity contribution in [2.24, 2.45) is 5.41 Å². The number of carbonyl (C=O) groups excluding carboxylic acids is 1. The molecule has 3 N–H and O–H groups in total. The summed E-state index contributed by atoms with van der Waals surface area (Å²) >= 11 is 6.02. The molecule has 2 aromatic rings. The van der Waals surface area contributed by atoms with Gasteiger partial charge in [0, 0.05) is 31.6 Å². The Hall–Kier alpha value is -1.63. The molecule has 1 aromatic carbocycles. The molecule has 1 unspecified atom stereocenters. The average molecular weight is 376 g/mol. The molecule has 7 heteroatoms. The minimum absolute atomic E-state index is 0.0485. The summed E-state index contributed by atoms with van der Waals surface area (Å²) in [5, 5.41) is 7.57. The molecule has 2 aliphatic heterocycles. The van der Waals surface area contributed by atoms with Crippen molar-refractivity contribution in [2.75, 3.05) is 33.2 Å². The molecule has 2 saturated heterocycles. The molecule has 0 saturated carbocycles. The van der Waals surface area contributed by atoms with Crippen LogP contribution in [0.15, 0.2) is 18.2 Å². The van der Waals surface area contributed by atoms with E-state index in [1.807, 2.05) is 30.1 Å². The molecule has 4 rings (SSSR count). The van der Waals surface area contributed by atoms with E-state index in [2.05, 4.69) is 20.6 Å². The predicted molar refractivity (Wildman–Crippen MR) is 103 cm³/mol. The molecule has 3 heterocycles. The third-order valence-electron chi connectivity index (χ3n) is 5.88. The molecule has 0 aliphatic carbocycles. The van der Waals surface area contributed by atoms with Crippen LogP contribution >= 0.6 is 11.6 Å². The fraction of sp³-hybridized carbons (Fsp3) is 0.579. The highest BCUT2D eigenvalue weighted by molar-refractivity contribution is 6.31. The molecule has 0 radical (unpaired) electrons. The van der Waals surface area contributed by atoms with Gasteiger partial charge in [-0.1, -0.05) is 11.6 Å². The van der Waals surface area contributed by atoms with Crippen molar-refractivity contribution in [1.29, 1.82) is 0 Å². The van der Waals surface area contributed by atoms with Crippen molar-refractivity contribution in [3.63, 3.8) is 0 Å². The second kappa shape index (κ2) is 7.18. The maximum atomic E-state index is 12.8. The van der Waals surface area contributed by atoms with Crippen LogP contribution in [0, 0.1) is 5.41 Å². The van der Waals surface area contributed by atoms with E-state index in [1.165, 1.54) is 0 Å². The smallest absolute Gasteiger partial charge is 0.239 e. The minimum Gasteiger partial charge on any atom is -0.344 e. The summed E-state index contributed by atoms with van der Waals surface area (Å²) in [5.41, 5.74) is 2.15. The van der Waals surface area contributed by atoms with Gasteiger partial charge in [0.1, 0.15) is 5.82 Å². The van der Waals surface area contributed by atoms with Gasteiger partial charge < -0.3 is 20.5 Å². The molecule has 1 atom stereocenters. The van der Waals surface area contributed by atoms with E-state index < -0.39 is 0 Å². The Morgan fingerprint density at radius 1 is 1.38 bits per heavy atom. The van der Waals surface area contributed by atoms with Crippen molar-refractivity contribution in [3.05, 3.63) is 29.0 Å². The van der Waals surface area contributed by atoms with Gasteiger partial charge in [-0.05, 0) is 56.0 Å². The van der Waals surface area contributed by atoms with Crippen LogP contribution in [0.3, 0.4) is 0 Å². The first-order valence-electron chi connectivity index (χ1n) is 9.38. The number of aromatic nitrogens is 2. The summed E-state index contributed by atoms with van der Waals surface area (Å²) in [7, 11) is 1.89. The minimum atomic E-state index is -0.0485. The van der Waals surface area contributed by atoms with Crippen LogP contribution in [0.25, 0.3) is 11.0 Å². The highest BCUT2D eigenvalue weighted by Crippen LogP contribution is 2.37. The number of rotatable bonds is 4. The first-order chi connectivity index (χ1) is 12.5. The third kappa shape index (κ3) is 3.59. The maximum Gasteiger partial charge on any atom is 0.239 e. The molecule has 1 aromatic heterocycles. The molecule has 2 fully saturated rings. The van der Waals surface area contributed by atoms with Gasteiger partial charge in [0.05, 0.1) is 17.1 Å². The Bertz CT molecular complexity index is 798. The van der Waals surface area contributed by atoms with Gasteiger partial charge in [-0.2, -0.15) is 0 Å². The number of nitrogens with one attached hydrogen (secondary N) is 3. The zero-order valence-electron chi connectivity index (χ0n) is 15.1. The second-order valence-corrected chi connectivity index (χ2v) is 8.18. The lowest BCUT2D eigenvalue weighted by molar-refractivity contribution is -0.131. The van der Waals surface area contributed by atoms with Gasteiger partial charge in [0.2, 0.25) is 5.91 Å². The third-order valence-corrected chi connectivity index (χ3v) is 6.11. The van der Waals surface area contributed by atoms with Crippen LogP contribution in [0.2, 0.25) is 5.02 Å². The van der Waals surface area contributed by atoms with Crippen molar-refractivity contribution in [2.45, 2.75) is 31.7 Å². The molecule has 140 valence electrons. The lowest BCUT2D eigenvalue weighted by Crippen LogP contribution is -2.42. The van der Waals surface area contributed by atoms with Gasteiger partial charge in [-0.25, -0.2) is 4.98 Å². The van der Waals surface area contributed by atoms with Crippen molar-refractivity contribution < 1.29 is 4.79 Å². The number of hydrogen-bond acceptors (Lipinski definition) is 4. The molecule has 2 aliphatic rings. The maximum absolute atomic E-state index is 12.8. The highest BCUT2D eigenvalue weighted by Gasteiger charge is 2.42. The van der Waals surface area contributed by atoms with Gasteiger partial charge in [0.15, 0.2) is 0 Å². The Kier molecular flexibility index (Phi) is 4.90. The number of carbonyl (C=O) groups is 1. The van der Waals surface area contributed by atoms with Crippen LogP contribution in [-0.2, 0) is 11.2 Å². The fourth-order valence-electron chi connectivity index (χ4n) is 4.23. The predicted octanol–water partition coefficient (Wildman–Crippen LogP) is 1.95. The van der Waals surface area contributed by atoms with E-state index in [1.54, 1.807) is 0 Å². The number of hydrogen-bond donors (Lipinski definition) is 3. The summed E-state index contributed by atoms with van der Waals surface area (Å²) < 4.78 is 0. The van der Waals surface area contributed by atoms with E-state index in [4.69, 9.17) is 11.6 Å². The van der Waals surface area contributed by atoms with Crippen LogP contribution in [0.1, 0.15) is 25.1 Å². The van der Waals surface area contributed by atoms with Crippen molar-refractivity contribution in [3.8, 4) is 0 Å². The Morgan fingerprint density at radius 3 is 3.00 bits per heavy atom. The first-order valence-corrected chi connectivity index (χ1v) is 9.76. The number of benzene rings is 1. The molecular formula is C19H26ClN5O. The number of fused-ring (bicyclic) bond motifs is 1. The van der Waals surface area contributed by atoms with E-state index in [0.717, 1.165) is 55.8 Å². The van der Waals surface area contributed by atoms with Crippen LogP contribution < -0.4 is 10.6 Å². The Labute approximate surface area is 158 Å². The Morgan fingerprint density at radius 2 is 2.19 bits per heavy atom. The zero-order chi connectivity index (χ0) is 18.1. The molecule has 6 nitrogen and oxygen atoms in total. The van der Waals surface area contributed by atoms with Gasteiger partial charge >= 0.3 is 0 Å². The average Bonchev–Trinajstić information content (AvgIpc) is 3.23. The fourth-order valence-corrected chi connectivity index (χ4v) is 4.40. The Balaban J connectivity index is 1.34. The van der Waals surface area contributed by atoms with Crippen molar-refractivity contribution in [1.82, 2.24) is 25.5 Å². The lowest BCUT2D eigenvalue weighted by atomic mass is 9.77. The number of imidazole rings is 1. The highest BCUT2D eigenvalue weighted by atomic mass is 35.5. The molecular weight excluding hydrogens is 350 g/mol. The lowest BCUT2D eigenvalue weighted by Gasteiger charge is -2.33. The van der Waals surface area contributed by atoms with E-state index in [-0.39, 0.29) is 11.9 Å².